The molecule has 0 spiro atoms. The van der Waals surface area contributed by atoms with Crippen LogP contribution in [0.15, 0.2) is 53.6 Å². The summed E-state index contributed by atoms with van der Waals surface area (Å²) in [6.45, 7) is 5.51. The minimum atomic E-state index is -0.490. The molecule has 4 rings (SSSR count). The van der Waals surface area contributed by atoms with Crippen LogP contribution >= 0.6 is 23.2 Å². The molecule has 1 aliphatic rings. The van der Waals surface area contributed by atoms with Gasteiger partial charge in [-0.1, -0.05) is 42.6 Å². The Balaban J connectivity index is 2.02. The molecule has 3 heterocycles. The molecule has 2 amide bonds. The number of halogens is 2. The Labute approximate surface area is 200 Å². The van der Waals surface area contributed by atoms with Gasteiger partial charge >= 0.3 is 5.91 Å². The zero-order chi connectivity index (χ0) is 23.9. The number of carbonyl (C=O) groups is 2. The first-order valence-corrected chi connectivity index (χ1v) is 11.4. The number of benzene rings is 1. The molecule has 0 aliphatic carbocycles. The maximum Gasteiger partial charge on any atom is 0.327 e. The standard InChI is InChI=1S/C24H22Cl2N4O3/c1-4-8-18-19(23(32)30(27-18)15-9-10-16(25)17(26)13-15)20-21(28-11-6-5-7-12-28)24(33)29(14(2)3)22(20)31/h5-7,9-14H,4,8H2,1-3H3/p+1. The number of nitrogens with one attached hydrogen (secondary N) is 1. The summed E-state index contributed by atoms with van der Waals surface area (Å²) in [4.78, 5) is 41.8. The zero-order valence-electron chi connectivity index (χ0n) is 18.4. The molecule has 0 bridgehead atoms. The smallest absolute Gasteiger partial charge is 0.294 e. The first kappa shape index (κ1) is 23.0. The summed E-state index contributed by atoms with van der Waals surface area (Å²) < 4.78 is 2.92. The molecule has 0 unspecified atom stereocenters. The Morgan fingerprint density at radius 1 is 1.00 bits per heavy atom. The van der Waals surface area contributed by atoms with Gasteiger partial charge in [0.1, 0.15) is 5.57 Å². The van der Waals surface area contributed by atoms with E-state index in [1.54, 1.807) is 61.1 Å². The first-order chi connectivity index (χ1) is 15.8. The number of aryl methyl sites for hydroxylation is 1. The number of pyridine rings is 1. The van der Waals surface area contributed by atoms with Gasteiger partial charge in [0, 0.05) is 23.9 Å². The maximum absolute atomic E-state index is 13.7. The van der Waals surface area contributed by atoms with Crippen molar-refractivity contribution in [2.24, 2.45) is 0 Å². The normalized spacial score (nSPS) is 14.2. The Kier molecular flexibility index (Phi) is 6.28. The highest BCUT2D eigenvalue weighted by atomic mass is 35.5. The van der Waals surface area contributed by atoms with Crippen molar-refractivity contribution in [1.29, 1.82) is 0 Å². The number of hydrogen-bond acceptors (Lipinski definition) is 3. The highest BCUT2D eigenvalue weighted by Crippen LogP contribution is 2.32. The topological polar surface area (TPSA) is 79.1 Å². The summed E-state index contributed by atoms with van der Waals surface area (Å²) in [5.74, 6) is -0.929. The zero-order valence-corrected chi connectivity index (χ0v) is 19.9. The number of amides is 2. The van der Waals surface area contributed by atoms with Crippen LogP contribution in [0.1, 0.15) is 38.4 Å². The lowest BCUT2D eigenvalue weighted by atomic mass is 10.0. The van der Waals surface area contributed by atoms with Crippen molar-refractivity contribution in [3.05, 3.63) is 80.4 Å². The fourth-order valence-corrected chi connectivity index (χ4v) is 4.29. The van der Waals surface area contributed by atoms with Crippen LogP contribution in [0.2, 0.25) is 10.0 Å². The third-order valence-electron chi connectivity index (χ3n) is 5.46. The third kappa shape index (κ3) is 3.92. The van der Waals surface area contributed by atoms with Crippen LogP contribution in [0, 0.1) is 0 Å². The van der Waals surface area contributed by atoms with Crippen molar-refractivity contribution in [3.63, 3.8) is 0 Å². The average molecular weight is 486 g/mol. The van der Waals surface area contributed by atoms with Gasteiger partial charge in [0.05, 0.1) is 21.3 Å². The number of aromatic nitrogens is 3. The number of hydrogen-bond donors (Lipinski definition) is 1. The van der Waals surface area contributed by atoms with Crippen molar-refractivity contribution in [3.8, 4) is 5.69 Å². The number of carbonyl (C=O) groups excluding carboxylic acids is 2. The van der Waals surface area contributed by atoms with E-state index < -0.39 is 17.4 Å². The van der Waals surface area contributed by atoms with Gasteiger partial charge in [0.2, 0.25) is 0 Å². The van der Waals surface area contributed by atoms with Crippen molar-refractivity contribution in [1.82, 2.24) is 14.7 Å². The largest absolute Gasteiger partial charge is 0.327 e. The third-order valence-corrected chi connectivity index (χ3v) is 6.20. The van der Waals surface area contributed by atoms with Crippen LogP contribution in [-0.2, 0) is 16.0 Å². The van der Waals surface area contributed by atoms with E-state index in [0.29, 0.717) is 27.8 Å². The van der Waals surface area contributed by atoms with E-state index in [4.69, 9.17) is 23.2 Å². The summed E-state index contributed by atoms with van der Waals surface area (Å²) in [6, 6.07) is 9.80. The molecule has 0 fully saturated rings. The second-order valence-electron chi connectivity index (χ2n) is 8.03. The quantitative estimate of drug-likeness (QED) is 0.425. The monoisotopic (exact) mass is 485 g/mol. The number of aromatic amines is 1. The number of imide groups is 1. The molecule has 0 saturated heterocycles. The van der Waals surface area contributed by atoms with Gasteiger partial charge in [-0.25, -0.2) is 4.68 Å². The second kappa shape index (κ2) is 9.00. The molecule has 0 atom stereocenters. The van der Waals surface area contributed by atoms with Crippen LogP contribution in [0.25, 0.3) is 17.0 Å². The molecule has 33 heavy (non-hydrogen) atoms. The van der Waals surface area contributed by atoms with Crippen LogP contribution < -0.4 is 10.1 Å². The van der Waals surface area contributed by atoms with Crippen LogP contribution in [-0.4, -0.2) is 32.5 Å². The van der Waals surface area contributed by atoms with Crippen molar-refractivity contribution < 1.29 is 14.2 Å². The Morgan fingerprint density at radius 3 is 2.30 bits per heavy atom. The summed E-state index contributed by atoms with van der Waals surface area (Å²) in [7, 11) is 0. The Bertz CT molecular complexity index is 1340. The van der Waals surface area contributed by atoms with E-state index in [9.17, 15) is 14.4 Å². The number of rotatable bonds is 6. The molecule has 170 valence electrons. The van der Waals surface area contributed by atoms with E-state index >= 15 is 0 Å². The highest BCUT2D eigenvalue weighted by molar-refractivity contribution is 6.44. The summed E-state index contributed by atoms with van der Waals surface area (Å²) in [5, 5.41) is 3.78. The first-order valence-electron chi connectivity index (χ1n) is 10.6. The summed E-state index contributed by atoms with van der Waals surface area (Å²) in [6.07, 6.45) is 4.62. The highest BCUT2D eigenvalue weighted by Gasteiger charge is 2.48. The summed E-state index contributed by atoms with van der Waals surface area (Å²) in [5.41, 5.74) is 1.05. The Hall–Kier alpha value is -3.16. The van der Waals surface area contributed by atoms with E-state index in [1.165, 1.54) is 9.58 Å². The van der Waals surface area contributed by atoms with Gasteiger partial charge in [-0.2, -0.15) is 4.57 Å². The van der Waals surface area contributed by atoms with Crippen molar-refractivity contribution in [2.45, 2.75) is 39.7 Å². The minimum Gasteiger partial charge on any atom is -0.294 e. The van der Waals surface area contributed by atoms with Gasteiger partial charge < -0.3 is 0 Å². The lowest BCUT2D eigenvalue weighted by Gasteiger charge is -2.17. The molecule has 1 N–H and O–H groups in total. The molecule has 7 nitrogen and oxygen atoms in total. The van der Waals surface area contributed by atoms with Gasteiger partial charge in [-0.15, -0.1) is 0 Å². The Morgan fingerprint density at radius 2 is 1.70 bits per heavy atom. The van der Waals surface area contributed by atoms with Crippen molar-refractivity contribution in [2.75, 3.05) is 0 Å². The van der Waals surface area contributed by atoms with Gasteiger partial charge in [0.15, 0.2) is 12.4 Å². The maximum atomic E-state index is 13.7. The van der Waals surface area contributed by atoms with E-state index in [0.717, 1.165) is 6.42 Å². The van der Waals surface area contributed by atoms with Gasteiger partial charge in [-0.05, 0) is 38.5 Å². The SMILES string of the molecule is CCCc1[nH]n(-c2ccc(Cl)c(Cl)c2)c(=O)c1C1=C([n+]2ccccc2)C(=O)N(C(C)C)C1=O. The minimum absolute atomic E-state index is 0.0911. The van der Waals surface area contributed by atoms with Crippen LogP contribution in [0.4, 0.5) is 0 Å². The molecule has 3 aromatic rings. The van der Waals surface area contributed by atoms with Crippen LogP contribution in [0.3, 0.4) is 0 Å². The fraction of sp³-hybridized carbons (Fsp3) is 0.250. The van der Waals surface area contributed by atoms with Crippen LogP contribution in [0.5, 0.6) is 0 Å². The molecule has 0 radical (unpaired) electrons. The van der Waals surface area contributed by atoms with E-state index in [2.05, 4.69) is 5.10 Å². The number of H-pyrrole nitrogens is 1. The molecule has 2 aromatic heterocycles. The molecular formula is C24H23Cl2N4O3+. The molecule has 0 saturated carbocycles. The predicted octanol–water partition coefficient (Wildman–Crippen LogP) is 3.86. The molecular weight excluding hydrogens is 463 g/mol. The predicted molar refractivity (Wildman–Crippen MR) is 127 cm³/mol. The second-order valence-corrected chi connectivity index (χ2v) is 8.85. The number of nitrogens with zero attached hydrogens (tertiary/aromatic N) is 3. The lowest BCUT2D eigenvalue weighted by Crippen LogP contribution is -2.42. The molecule has 1 aromatic carbocycles. The average Bonchev–Trinajstić information content (AvgIpc) is 3.23. The van der Waals surface area contributed by atoms with Crippen molar-refractivity contribution >= 4 is 46.3 Å². The molecule has 1 aliphatic heterocycles. The summed E-state index contributed by atoms with van der Waals surface area (Å²) >= 11 is 12.2. The molecule has 9 heteroatoms. The lowest BCUT2D eigenvalue weighted by molar-refractivity contribution is -0.576. The van der Waals surface area contributed by atoms with Gasteiger partial charge in [0.25, 0.3) is 17.2 Å². The van der Waals surface area contributed by atoms with E-state index in [-0.39, 0.29) is 22.9 Å². The fourth-order valence-electron chi connectivity index (χ4n) is 3.99. The van der Waals surface area contributed by atoms with E-state index in [1.807, 2.05) is 13.0 Å². The van der Waals surface area contributed by atoms with Gasteiger partial charge in [-0.3, -0.25) is 24.4 Å².